The molecule has 0 aliphatic heterocycles. The van der Waals surface area contributed by atoms with Gasteiger partial charge in [-0.05, 0) is 32.0 Å². The molecule has 0 aliphatic rings. The fourth-order valence-electron chi connectivity index (χ4n) is 1.23. The molecule has 0 saturated carbocycles. The SMILES string of the molecule is CC(/C=C\Cc1c[nH]cc(C)c1=O)=C/N. The van der Waals surface area contributed by atoms with E-state index in [1.165, 1.54) is 6.20 Å². The number of nitrogens with two attached hydrogens (primary N) is 1. The van der Waals surface area contributed by atoms with Gasteiger partial charge in [0.1, 0.15) is 0 Å². The normalized spacial score (nSPS) is 12.3. The molecule has 1 aromatic rings. The highest BCUT2D eigenvalue weighted by atomic mass is 16.1. The standard InChI is InChI=1S/C12H16N2O/c1-9(6-13)4-3-5-11-8-14-7-10(2)12(11)15/h3-4,6-8H,5,13H2,1-2H3,(H,14,15)/b4-3-,9-6-. The molecule has 0 unspecified atom stereocenters. The molecule has 0 spiro atoms. The van der Waals surface area contributed by atoms with Crippen molar-refractivity contribution in [3.8, 4) is 0 Å². The first-order chi connectivity index (χ1) is 7.15. The Balaban J connectivity index is 2.79. The van der Waals surface area contributed by atoms with Gasteiger partial charge in [0, 0.05) is 23.5 Å². The third-order valence-electron chi connectivity index (χ3n) is 2.19. The molecular weight excluding hydrogens is 188 g/mol. The van der Waals surface area contributed by atoms with Crippen LogP contribution in [-0.2, 0) is 6.42 Å². The lowest BCUT2D eigenvalue weighted by Gasteiger charge is -1.97. The third kappa shape index (κ3) is 3.13. The van der Waals surface area contributed by atoms with Gasteiger partial charge in [0.05, 0.1) is 0 Å². The lowest BCUT2D eigenvalue weighted by Crippen LogP contribution is -2.11. The smallest absolute Gasteiger partial charge is 0.187 e. The van der Waals surface area contributed by atoms with Crippen molar-refractivity contribution in [2.45, 2.75) is 20.3 Å². The van der Waals surface area contributed by atoms with Crippen LogP contribution >= 0.6 is 0 Å². The Morgan fingerprint density at radius 2 is 2.27 bits per heavy atom. The van der Waals surface area contributed by atoms with Gasteiger partial charge >= 0.3 is 0 Å². The van der Waals surface area contributed by atoms with Crippen molar-refractivity contribution in [1.82, 2.24) is 4.98 Å². The molecule has 1 aromatic heterocycles. The number of nitrogens with one attached hydrogen (secondary N) is 1. The molecular formula is C12H16N2O. The van der Waals surface area contributed by atoms with E-state index in [1.54, 1.807) is 19.3 Å². The van der Waals surface area contributed by atoms with Crippen LogP contribution in [0.3, 0.4) is 0 Å². The van der Waals surface area contributed by atoms with Gasteiger partial charge in [0.25, 0.3) is 0 Å². The number of allylic oxidation sites excluding steroid dienone is 3. The molecule has 0 bridgehead atoms. The van der Waals surface area contributed by atoms with Crippen LogP contribution in [0.15, 0.2) is 41.1 Å². The molecule has 3 heteroatoms. The Morgan fingerprint density at radius 1 is 1.53 bits per heavy atom. The molecule has 0 saturated heterocycles. The molecule has 3 nitrogen and oxygen atoms in total. The average Bonchev–Trinajstić information content (AvgIpc) is 2.24. The lowest BCUT2D eigenvalue weighted by molar-refractivity contribution is 1.12. The lowest BCUT2D eigenvalue weighted by atomic mass is 10.1. The highest BCUT2D eigenvalue weighted by molar-refractivity contribution is 5.22. The fourth-order valence-corrected chi connectivity index (χ4v) is 1.23. The second kappa shape index (κ2) is 5.20. The topological polar surface area (TPSA) is 58.9 Å². The molecule has 0 aromatic carbocycles. The molecule has 0 atom stereocenters. The summed E-state index contributed by atoms with van der Waals surface area (Å²) < 4.78 is 0. The number of rotatable bonds is 3. The van der Waals surface area contributed by atoms with Gasteiger partial charge in [-0.2, -0.15) is 0 Å². The summed E-state index contributed by atoms with van der Waals surface area (Å²) in [4.78, 5) is 14.6. The van der Waals surface area contributed by atoms with Crippen LogP contribution in [-0.4, -0.2) is 4.98 Å². The summed E-state index contributed by atoms with van der Waals surface area (Å²) in [5, 5.41) is 0. The van der Waals surface area contributed by atoms with Gasteiger partial charge in [0.2, 0.25) is 0 Å². The van der Waals surface area contributed by atoms with E-state index in [-0.39, 0.29) is 5.43 Å². The first-order valence-corrected chi connectivity index (χ1v) is 4.86. The Hall–Kier alpha value is -1.77. The first-order valence-electron chi connectivity index (χ1n) is 4.86. The number of hydrogen-bond acceptors (Lipinski definition) is 2. The van der Waals surface area contributed by atoms with Crippen LogP contribution in [0, 0.1) is 6.92 Å². The summed E-state index contributed by atoms with van der Waals surface area (Å²) in [5.41, 5.74) is 7.93. The van der Waals surface area contributed by atoms with Gasteiger partial charge in [-0.3, -0.25) is 4.79 Å². The molecule has 80 valence electrons. The maximum absolute atomic E-state index is 11.6. The number of aromatic amines is 1. The number of aromatic nitrogens is 1. The summed E-state index contributed by atoms with van der Waals surface area (Å²) >= 11 is 0. The van der Waals surface area contributed by atoms with Crippen molar-refractivity contribution in [2.75, 3.05) is 0 Å². The van der Waals surface area contributed by atoms with Gasteiger partial charge < -0.3 is 10.7 Å². The minimum absolute atomic E-state index is 0.104. The molecule has 15 heavy (non-hydrogen) atoms. The molecule has 1 rings (SSSR count). The van der Waals surface area contributed by atoms with Crippen LogP contribution in [0.1, 0.15) is 18.1 Å². The van der Waals surface area contributed by atoms with Gasteiger partial charge in [-0.1, -0.05) is 12.2 Å². The quantitative estimate of drug-likeness (QED) is 0.735. The summed E-state index contributed by atoms with van der Waals surface area (Å²) in [7, 11) is 0. The summed E-state index contributed by atoms with van der Waals surface area (Å²) in [6.45, 7) is 3.72. The van der Waals surface area contributed by atoms with Crippen LogP contribution in [0.25, 0.3) is 0 Å². The number of hydrogen-bond donors (Lipinski definition) is 2. The van der Waals surface area contributed by atoms with Gasteiger partial charge in [0.15, 0.2) is 5.43 Å². The van der Waals surface area contributed by atoms with Crippen LogP contribution < -0.4 is 11.2 Å². The monoisotopic (exact) mass is 204 g/mol. The van der Waals surface area contributed by atoms with E-state index >= 15 is 0 Å². The van der Waals surface area contributed by atoms with E-state index in [2.05, 4.69) is 4.98 Å². The van der Waals surface area contributed by atoms with Crippen molar-refractivity contribution < 1.29 is 0 Å². The largest absolute Gasteiger partial charge is 0.404 e. The molecule has 0 fully saturated rings. The Morgan fingerprint density at radius 3 is 2.93 bits per heavy atom. The minimum Gasteiger partial charge on any atom is -0.404 e. The van der Waals surface area contributed by atoms with E-state index in [0.717, 1.165) is 16.7 Å². The van der Waals surface area contributed by atoms with Crippen molar-refractivity contribution in [1.29, 1.82) is 0 Å². The van der Waals surface area contributed by atoms with Crippen molar-refractivity contribution in [3.63, 3.8) is 0 Å². The zero-order chi connectivity index (χ0) is 11.3. The zero-order valence-electron chi connectivity index (χ0n) is 9.08. The molecule has 1 heterocycles. The summed E-state index contributed by atoms with van der Waals surface area (Å²) in [5.74, 6) is 0. The van der Waals surface area contributed by atoms with E-state index in [4.69, 9.17) is 5.73 Å². The second-order valence-corrected chi connectivity index (χ2v) is 3.51. The average molecular weight is 204 g/mol. The van der Waals surface area contributed by atoms with Gasteiger partial charge in [-0.25, -0.2) is 0 Å². The number of H-pyrrole nitrogens is 1. The van der Waals surface area contributed by atoms with E-state index in [0.29, 0.717) is 6.42 Å². The highest BCUT2D eigenvalue weighted by Gasteiger charge is 1.98. The van der Waals surface area contributed by atoms with E-state index in [1.807, 2.05) is 19.1 Å². The van der Waals surface area contributed by atoms with E-state index < -0.39 is 0 Å². The van der Waals surface area contributed by atoms with Crippen LogP contribution in [0.5, 0.6) is 0 Å². The maximum Gasteiger partial charge on any atom is 0.187 e. The molecule has 0 radical (unpaired) electrons. The molecule has 3 N–H and O–H groups in total. The Labute approximate surface area is 89.3 Å². The van der Waals surface area contributed by atoms with Crippen molar-refractivity contribution in [2.24, 2.45) is 5.73 Å². The van der Waals surface area contributed by atoms with Crippen LogP contribution in [0.2, 0.25) is 0 Å². The second-order valence-electron chi connectivity index (χ2n) is 3.51. The first kappa shape index (κ1) is 11.3. The van der Waals surface area contributed by atoms with Crippen LogP contribution in [0.4, 0.5) is 0 Å². The molecule has 0 aliphatic carbocycles. The fraction of sp³-hybridized carbons (Fsp3) is 0.250. The third-order valence-corrected chi connectivity index (χ3v) is 2.19. The summed E-state index contributed by atoms with van der Waals surface area (Å²) in [6.07, 6.45) is 9.45. The minimum atomic E-state index is 0.104. The van der Waals surface area contributed by atoms with Crippen molar-refractivity contribution >= 4 is 0 Å². The van der Waals surface area contributed by atoms with E-state index in [9.17, 15) is 4.79 Å². The zero-order valence-corrected chi connectivity index (χ0v) is 9.08. The predicted octanol–water partition coefficient (Wildman–Crippen LogP) is 1.64. The molecule has 0 amide bonds. The van der Waals surface area contributed by atoms with Gasteiger partial charge in [-0.15, -0.1) is 0 Å². The number of aryl methyl sites for hydroxylation is 1. The number of pyridine rings is 1. The highest BCUT2D eigenvalue weighted by Crippen LogP contribution is 1.97. The predicted molar refractivity (Wildman–Crippen MR) is 62.6 cm³/mol. The Kier molecular flexibility index (Phi) is 3.92. The summed E-state index contributed by atoms with van der Waals surface area (Å²) in [6, 6.07) is 0. The maximum atomic E-state index is 11.6. The van der Waals surface area contributed by atoms with Crippen molar-refractivity contribution in [3.05, 3.63) is 57.7 Å². The Bertz CT molecular complexity index is 441.